The number of hydrogen-bond donors (Lipinski definition) is 2. The van der Waals surface area contributed by atoms with E-state index in [0.29, 0.717) is 22.1 Å². The topological polar surface area (TPSA) is 79.8 Å². The molecule has 0 saturated heterocycles. The van der Waals surface area contributed by atoms with Crippen LogP contribution < -0.4 is 4.72 Å². The number of nitrogens with one attached hydrogen (secondary N) is 2. The van der Waals surface area contributed by atoms with Crippen molar-refractivity contribution in [2.75, 3.05) is 4.72 Å². The van der Waals surface area contributed by atoms with Crippen LogP contribution in [0.4, 0.5) is 18.9 Å². The molecule has 134 valence electrons. The fraction of sp³-hybridized carbons (Fsp3) is 0.154. The van der Waals surface area contributed by atoms with Crippen LogP contribution in [0.2, 0.25) is 10.2 Å². The quantitative estimate of drug-likeness (QED) is 0.674. The van der Waals surface area contributed by atoms with Crippen LogP contribution in [0.15, 0.2) is 29.4 Å². The highest BCUT2D eigenvalue weighted by atomic mass is 35.5. The van der Waals surface area contributed by atoms with Crippen LogP contribution in [-0.4, -0.2) is 23.2 Å². The Hall–Kier alpha value is -1.91. The summed E-state index contributed by atoms with van der Waals surface area (Å²) in [6.45, 7) is 1.75. The van der Waals surface area contributed by atoms with Crippen LogP contribution in [-0.2, 0) is 16.3 Å². The van der Waals surface area contributed by atoms with Gasteiger partial charge in [-0.2, -0.15) is 9.78 Å². The van der Waals surface area contributed by atoms with Gasteiger partial charge in [0.15, 0.2) is 5.15 Å². The first kappa shape index (κ1) is 17.9. The lowest BCUT2D eigenvalue weighted by Crippen LogP contribution is -2.18. The van der Waals surface area contributed by atoms with Crippen molar-refractivity contribution in [3.05, 3.63) is 40.3 Å². The largest absolute Gasteiger partial charge is 0.505 e. The molecule has 0 saturated carbocycles. The molecule has 0 atom stereocenters. The van der Waals surface area contributed by atoms with Crippen LogP contribution in [0, 0.1) is 6.92 Å². The number of alkyl halides is 3. The number of hydrogen-bond acceptors (Lipinski definition) is 3. The molecule has 0 fully saturated rings. The minimum atomic E-state index is -4.87. The van der Waals surface area contributed by atoms with E-state index in [1.807, 2.05) is 4.72 Å². The second kappa shape index (κ2) is 5.82. The van der Waals surface area contributed by atoms with Gasteiger partial charge < -0.3 is 4.98 Å². The molecule has 2 heterocycles. The minimum absolute atomic E-state index is 0.180. The van der Waals surface area contributed by atoms with Crippen molar-refractivity contribution < 1.29 is 21.6 Å². The summed E-state index contributed by atoms with van der Waals surface area (Å²) in [5, 5.41) is 2.79. The maximum Gasteiger partial charge on any atom is 0.505 e. The lowest BCUT2D eigenvalue weighted by atomic mass is 10.2. The third-order valence-electron chi connectivity index (χ3n) is 3.43. The molecular formula is C13H9Cl2F3N4O2S. The second-order valence-electron chi connectivity index (χ2n) is 5.11. The average Bonchev–Trinajstić information content (AvgIpc) is 3.07. The molecule has 2 N–H and O–H groups in total. The predicted molar refractivity (Wildman–Crippen MR) is 87.4 cm³/mol. The van der Waals surface area contributed by atoms with E-state index in [9.17, 15) is 21.6 Å². The highest BCUT2D eigenvalue weighted by Gasteiger charge is 2.35. The van der Waals surface area contributed by atoms with E-state index in [-0.39, 0.29) is 4.90 Å². The number of aromatic amines is 1. The SMILES string of the molecule is Cc1ccc2c(S(=O)(=O)Nc3cnn(C(F)(F)F)c3Cl)c[nH]c2c1Cl. The van der Waals surface area contributed by atoms with E-state index in [0.717, 1.165) is 5.56 Å². The van der Waals surface area contributed by atoms with Crippen LogP contribution in [0.3, 0.4) is 0 Å². The van der Waals surface area contributed by atoms with Gasteiger partial charge in [0.25, 0.3) is 10.0 Å². The molecular weight excluding hydrogens is 404 g/mol. The number of rotatable bonds is 3. The lowest BCUT2D eigenvalue weighted by molar-refractivity contribution is -0.212. The number of halogens is 5. The van der Waals surface area contributed by atoms with Gasteiger partial charge in [0.1, 0.15) is 10.6 Å². The molecule has 0 bridgehead atoms. The fourth-order valence-electron chi connectivity index (χ4n) is 2.24. The fourth-order valence-corrected chi connectivity index (χ4v) is 3.98. The number of aromatic nitrogens is 3. The summed E-state index contributed by atoms with van der Waals surface area (Å²) in [6, 6.07) is 3.18. The molecule has 25 heavy (non-hydrogen) atoms. The molecule has 0 aliphatic carbocycles. The predicted octanol–water partition coefficient (Wildman–Crippen LogP) is 4.26. The number of anilines is 1. The molecule has 1 aromatic carbocycles. The Labute approximate surface area is 149 Å². The van der Waals surface area contributed by atoms with E-state index in [4.69, 9.17) is 23.2 Å². The van der Waals surface area contributed by atoms with E-state index in [2.05, 4.69) is 10.1 Å². The zero-order valence-electron chi connectivity index (χ0n) is 12.3. The number of fused-ring (bicyclic) bond motifs is 1. The molecule has 0 aliphatic heterocycles. The Morgan fingerprint density at radius 3 is 2.56 bits per heavy atom. The van der Waals surface area contributed by atoms with E-state index in [1.54, 1.807) is 19.1 Å². The molecule has 0 radical (unpaired) electrons. The molecule has 2 aromatic heterocycles. The van der Waals surface area contributed by atoms with Gasteiger partial charge >= 0.3 is 6.30 Å². The Bertz CT molecular complexity index is 1070. The molecule has 6 nitrogen and oxygen atoms in total. The van der Waals surface area contributed by atoms with Crippen molar-refractivity contribution >= 4 is 49.8 Å². The smallest absolute Gasteiger partial charge is 0.359 e. The number of nitrogens with zero attached hydrogens (tertiary/aromatic N) is 2. The second-order valence-corrected chi connectivity index (χ2v) is 7.49. The maximum absolute atomic E-state index is 12.7. The van der Waals surface area contributed by atoms with Crippen LogP contribution >= 0.6 is 23.2 Å². The molecule has 3 aromatic rings. The summed E-state index contributed by atoms with van der Waals surface area (Å²) in [4.78, 5) is 2.57. The number of aryl methyl sites for hydroxylation is 1. The van der Waals surface area contributed by atoms with Crippen molar-refractivity contribution in [3.63, 3.8) is 0 Å². The summed E-state index contributed by atoms with van der Waals surface area (Å²) in [5.74, 6) is 0. The summed E-state index contributed by atoms with van der Waals surface area (Å²) in [6.07, 6.45) is -2.99. The van der Waals surface area contributed by atoms with Gasteiger partial charge in [-0.25, -0.2) is 8.42 Å². The number of sulfonamides is 1. The van der Waals surface area contributed by atoms with Crippen molar-refractivity contribution in [1.29, 1.82) is 0 Å². The Balaban J connectivity index is 2.04. The van der Waals surface area contributed by atoms with Crippen LogP contribution in [0.1, 0.15) is 5.56 Å². The molecule has 0 spiro atoms. The first-order chi connectivity index (χ1) is 11.5. The van der Waals surface area contributed by atoms with Crippen LogP contribution in [0.25, 0.3) is 10.9 Å². The number of H-pyrrole nitrogens is 1. The standard InChI is InChI=1S/C13H9Cl2F3N4O2S/c1-6-2-3-7-9(5-19-11(7)10(6)14)25(23,24)21-8-4-20-22(12(8)15)13(16,17)18/h2-5,19,21H,1H3. The normalized spacial score (nSPS) is 12.7. The zero-order valence-corrected chi connectivity index (χ0v) is 14.6. The molecule has 12 heteroatoms. The van der Waals surface area contributed by atoms with Gasteiger partial charge in [-0.15, -0.1) is 13.2 Å². The van der Waals surface area contributed by atoms with E-state index >= 15 is 0 Å². The van der Waals surface area contributed by atoms with E-state index < -0.39 is 31.8 Å². The third kappa shape index (κ3) is 3.05. The Morgan fingerprint density at radius 1 is 1.28 bits per heavy atom. The highest BCUT2D eigenvalue weighted by molar-refractivity contribution is 7.93. The molecule has 0 unspecified atom stereocenters. The Morgan fingerprint density at radius 2 is 1.96 bits per heavy atom. The monoisotopic (exact) mass is 412 g/mol. The average molecular weight is 413 g/mol. The first-order valence-corrected chi connectivity index (χ1v) is 8.86. The maximum atomic E-state index is 12.7. The van der Waals surface area contributed by atoms with Crippen molar-refractivity contribution in [1.82, 2.24) is 14.8 Å². The molecule has 0 aliphatic rings. The van der Waals surface area contributed by atoms with Crippen LogP contribution in [0.5, 0.6) is 0 Å². The van der Waals surface area contributed by atoms with E-state index in [1.165, 1.54) is 6.20 Å². The van der Waals surface area contributed by atoms with Gasteiger partial charge in [0.05, 0.1) is 16.7 Å². The lowest BCUT2D eigenvalue weighted by Gasteiger charge is -2.08. The van der Waals surface area contributed by atoms with Gasteiger partial charge in [-0.05, 0) is 12.5 Å². The summed E-state index contributed by atoms with van der Waals surface area (Å²) in [5.41, 5.74) is 0.646. The minimum Gasteiger partial charge on any atom is -0.359 e. The zero-order chi connectivity index (χ0) is 18.6. The van der Waals surface area contributed by atoms with Gasteiger partial charge in [-0.1, -0.05) is 35.3 Å². The van der Waals surface area contributed by atoms with Crippen molar-refractivity contribution in [2.45, 2.75) is 18.1 Å². The number of benzene rings is 1. The molecule has 3 rings (SSSR count). The highest BCUT2D eigenvalue weighted by Crippen LogP contribution is 2.34. The van der Waals surface area contributed by atoms with Gasteiger partial charge in [0, 0.05) is 11.6 Å². The molecule has 0 amide bonds. The van der Waals surface area contributed by atoms with Crippen molar-refractivity contribution in [2.24, 2.45) is 0 Å². The third-order valence-corrected chi connectivity index (χ3v) is 5.69. The summed E-state index contributed by atoms with van der Waals surface area (Å²) < 4.78 is 64.7. The Kier molecular flexibility index (Phi) is 4.17. The van der Waals surface area contributed by atoms with Crippen molar-refractivity contribution in [3.8, 4) is 0 Å². The van der Waals surface area contributed by atoms with Gasteiger partial charge in [-0.3, -0.25) is 4.72 Å². The summed E-state index contributed by atoms with van der Waals surface area (Å²) >= 11 is 11.7. The first-order valence-electron chi connectivity index (χ1n) is 6.62. The van der Waals surface area contributed by atoms with Gasteiger partial charge in [0.2, 0.25) is 0 Å². The summed E-state index contributed by atoms with van der Waals surface area (Å²) in [7, 11) is -4.23.